The van der Waals surface area contributed by atoms with E-state index in [2.05, 4.69) is 47.8 Å². The van der Waals surface area contributed by atoms with Gasteiger partial charge >= 0.3 is 0 Å². The van der Waals surface area contributed by atoms with Crippen LogP contribution < -0.4 is 5.32 Å². The lowest BCUT2D eigenvalue weighted by Gasteiger charge is -2.45. The van der Waals surface area contributed by atoms with E-state index in [9.17, 15) is 0 Å². The maximum Gasteiger partial charge on any atom is 0.0281 e. The van der Waals surface area contributed by atoms with Gasteiger partial charge in [-0.2, -0.15) is 11.3 Å². The molecule has 1 saturated heterocycles. The fraction of sp³-hybridized carbons (Fsp3) is 0.667. The van der Waals surface area contributed by atoms with Crippen LogP contribution in [0, 0.1) is 0 Å². The van der Waals surface area contributed by atoms with Crippen molar-refractivity contribution >= 4 is 11.3 Å². The molecule has 1 aromatic rings. The molecule has 1 unspecified atom stereocenters. The summed E-state index contributed by atoms with van der Waals surface area (Å²) in [5.41, 5.74) is 1.72. The van der Waals surface area contributed by atoms with E-state index < -0.39 is 0 Å². The van der Waals surface area contributed by atoms with Crippen LogP contribution in [0.4, 0.5) is 0 Å². The molecule has 3 heteroatoms. The van der Waals surface area contributed by atoms with E-state index in [1.807, 2.05) is 0 Å². The highest BCUT2D eigenvalue weighted by Gasteiger charge is 2.32. The Balaban J connectivity index is 2.05. The van der Waals surface area contributed by atoms with Crippen molar-refractivity contribution in [1.29, 1.82) is 0 Å². The van der Waals surface area contributed by atoms with Gasteiger partial charge in [0.15, 0.2) is 0 Å². The molecule has 1 atom stereocenters. The molecule has 0 radical (unpaired) electrons. The zero-order chi connectivity index (χ0) is 10.9. The van der Waals surface area contributed by atoms with Gasteiger partial charge in [0, 0.05) is 31.2 Å². The van der Waals surface area contributed by atoms with Crippen molar-refractivity contribution in [2.24, 2.45) is 0 Å². The van der Waals surface area contributed by atoms with E-state index in [-0.39, 0.29) is 5.54 Å². The summed E-state index contributed by atoms with van der Waals surface area (Å²) in [4.78, 5) is 2.58. The Morgan fingerprint density at radius 3 is 3.07 bits per heavy atom. The molecule has 1 aliphatic heterocycles. The average molecular weight is 224 g/mol. The van der Waals surface area contributed by atoms with Crippen molar-refractivity contribution in [2.75, 3.05) is 13.1 Å². The third kappa shape index (κ3) is 2.60. The zero-order valence-electron chi connectivity index (χ0n) is 9.79. The van der Waals surface area contributed by atoms with Crippen LogP contribution in [0.3, 0.4) is 0 Å². The van der Waals surface area contributed by atoms with E-state index in [1.54, 1.807) is 11.3 Å². The summed E-state index contributed by atoms with van der Waals surface area (Å²) >= 11 is 1.79. The molecule has 1 aliphatic rings. The number of rotatable bonds is 2. The average Bonchev–Trinajstić information content (AvgIpc) is 2.65. The van der Waals surface area contributed by atoms with Crippen molar-refractivity contribution in [3.05, 3.63) is 22.4 Å². The van der Waals surface area contributed by atoms with Crippen LogP contribution in [0.2, 0.25) is 0 Å². The molecule has 1 N–H and O–H groups in total. The molecule has 15 heavy (non-hydrogen) atoms. The molecule has 0 aliphatic carbocycles. The first kappa shape index (κ1) is 11.1. The van der Waals surface area contributed by atoms with Gasteiger partial charge in [-0.25, -0.2) is 0 Å². The Kier molecular flexibility index (Phi) is 3.14. The van der Waals surface area contributed by atoms with E-state index in [1.165, 1.54) is 5.56 Å². The van der Waals surface area contributed by atoms with Crippen LogP contribution in [-0.2, 0) is 6.54 Å². The number of piperazine rings is 1. The van der Waals surface area contributed by atoms with Gasteiger partial charge in [0.2, 0.25) is 0 Å². The topological polar surface area (TPSA) is 15.3 Å². The van der Waals surface area contributed by atoms with Crippen LogP contribution in [0.1, 0.15) is 26.3 Å². The van der Waals surface area contributed by atoms with Crippen LogP contribution in [0.25, 0.3) is 0 Å². The Bertz CT molecular complexity index is 305. The normalized spacial score (nSPS) is 26.7. The van der Waals surface area contributed by atoms with E-state index in [0.29, 0.717) is 6.04 Å². The Labute approximate surface area is 96.3 Å². The van der Waals surface area contributed by atoms with Crippen LogP contribution in [0.15, 0.2) is 16.8 Å². The lowest BCUT2D eigenvalue weighted by molar-refractivity contribution is 0.0628. The fourth-order valence-corrected chi connectivity index (χ4v) is 2.72. The molecule has 2 nitrogen and oxygen atoms in total. The molecule has 2 heterocycles. The summed E-state index contributed by atoms with van der Waals surface area (Å²) in [6.07, 6.45) is 0. The molecule has 1 aromatic heterocycles. The molecule has 0 bridgehead atoms. The highest BCUT2D eigenvalue weighted by Crippen LogP contribution is 2.22. The van der Waals surface area contributed by atoms with Crippen molar-refractivity contribution < 1.29 is 0 Å². The number of hydrogen-bond donors (Lipinski definition) is 1. The predicted molar refractivity (Wildman–Crippen MR) is 66.3 cm³/mol. The standard InChI is InChI=1S/C12H20N2S/c1-10-6-14(12(2,3)9-13-10)7-11-4-5-15-8-11/h4-5,8,10,13H,6-7,9H2,1-3H3. The number of nitrogens with zero attached hydrogens (tertiary/aromatic N) is 1. The summed E-state index contributed by atoms with van der Waals surface area (Å²) in [7, 11) is 0. The minimum atomic E-state index is 0.272. The van der Waals surface area contributed by atoms with E-state index >= 15 is 0 Å². The van der Waals surface area contributed by atoms with Gasteiger partial charge in [-0.15, -0.1) is 0 Å². The van der Waals surface area contributed by atoms with E-state index in [0.717, 1.165) is 19.6 Å². The van der Waals surface area contributed by atoms with Crippen LogP contribution in [0.5, 0.6) is 0 Å². The first-order chi connectivity index (χ1) is 7.08. The van der Waals surface area contributed by atoms with Crippen molar-refractivity contribution in [1.82, 2.24) is 10.2 Å². The fourth-order valence-electron chi connectivity index (χ4n) is 2.06. The van der Waals surface area contributed by atoms with Crippen molar-refractivity contribution in [3.8, 4) is 0 Å². The highest BCUT2D eigenvalue weighted by molar-refractivity contribution is 7.07. The largest absolute Gasteiger partial charge is 0.311 e. The molecule has 0 spiro atoms. The molecule has 2 rings (SSSR count). The SMILES string of the molecule is CC1CN(Cc2ccsc2)C(C)(C)CN1. The van der Waals surface area contributed by atoms with Crippen molar-refractivity contribution in [3.63, 3.8) is 0 Å². The lowest BCUT2D eigenvalue weighted by Crippen LogP contribution is -2.60. The first-order valence-electron chi connectivity index (χ1n) is 5.57. The molecule has 84 valence electrons. The van der Waals surface area contributed by atoms with Gasteiger partial charge < -0.3 is 5.32 Å². The Morgan fingerprint density at radius 2 is 2.40 bits per heavy atom. The Morgan fingerprint density at radius 1 is 1.60 bits per heavy atom. The zero-order valence-corrected chi connectivity index (χ0v) is 10.6. The molecule has 0 aromatic carbocycles. The maximum absolute atomic E-state index is 3.54. The molecule has 1 fully saturated rings. The van der Waals surface area contributed by atoms with Crippen LogP contribution in [-0.4, -0.2) is 29.6 Å². The lowest BCUT2D eigenvalue weighted by atomic mass is 9.97. The molecule has 0 amide bonds. The summed E-state index contributed by atoms with van der Waals surface area (Å²) < 4.78 is 0. The quantitative estimate of drug-likeness (QED) is 0.829. The van der Waals surface area contributed by atoms with Gasteiger partial charge in [-0.1, -0.05) is 0 Å². The maximum atomic E-state index is 3.54. The summed E-state index contributed by atoms with van der Waals surface area (Å²) in [6.45, 7) is 10.2. The van der Waals surface area contributed by atoms with Gasteiger partial charge in [-0.3, -0.25) is 4.90 Å². The van der Waals surface area contributed by atoms with Gasteiger partial charge in [0.05, 0.1) is 0 Å². The smallest absolute Gasteiger partial charge is 0.0281 e. The molecular formula is C12H20N2S. The number of hydrogen-bond acceptors (Lipinski definition) is 3. The number of nitrogens with one attached hydrogen (secondary N) is 1. The van der Waals surface area contributed by atoms with Gasteiger partial charge in [-0.05, 0) is 43.2 Å². The third-order valence-electron chi connectivity index (χ3n) is 3.19. The number of thiophene rings is 1. The molecule has 0 saturated carbocycles. The second-order valence-electron chi connectivity index (χ2n) is 5.11. The predicted octanol–water partition coefficient (Wildman–Crippen LogP) is 2.32. The minimum absolute atomic E-state index is 0.272. The summed E-state index contributed by atoms with van der Waals surface area (Å²) in [5, 5.41) is 7.96. The third-order valence-corrected chi connectivity index (χ3v) is 3.92. The monoisotopic (exact) mass is 224 g/mol. The highest BCUT2D eigenvalue weighted by atomic mass is 32.1. The van der Waals surface area contributed by atoms with Gasteiger partial charge in [0.1, 0.15) is 0 Å². The Hall–Kier alpha value is -0.380. The van der Waals surface area contributed by atoms with E-state index in [4.69, 9.17) is 0 Å². The van der Waals surface area contributed by atoms with Crippen LogP contribution >= 0.6 is 11.3 Å². The second-order valence-corrected chi connectivity index (χ2v) is 5.89. The summed E-state index contributed by atoms with van der Waals surface area (Å²) in [5.74, 6) is 0. The first-order valence-corrected chi connectivity index (χ1v) is 6.52. The second kappa shape index (κ2) is 4.24. The van der Waals surface area contributed by atoms with Gasteiger partial charge in [0.25, 0.3) is 0 Å². The minimum Gasteiger partial charge on any atom is -0.311 e. The van der Waals surface area contributed by atoms with Crippen molar-refractivity contribution in [2.45, 2.75) is 38.9 Å². The summed E-state index contributed by atoms with van der Waals surface area (Å²) in [6, 6.07) is 2.84. The molecular weight excluding hydrogens is 204 g/mol.